The predicted octanol–water partition coefficient (Wildman–Crippen LogP) is 4.88. The highest BCUT2D eigenvalue weighted by molar-refractivity contribution is 6.00. The fourth-order valence-electron chi connectivity index (χ4n) is 3.47. The topological polar surface area (TPSA) is 112 Å². The molecule has 4 aromatic rings. The van der Waals surface area contributed by atoms with Crippen LogP contribution in [0.15, 0.2) is 90.0 Å². The second kappa shape index (κ2) is 11.1. The highest BCUT2D eigenvalue weighted by Gasteiger charge is 2.15. The number of aryl methyl sites for hydroxylation is 1. The van der Waals surface area contributed by atoms with Gasteiger partial charge in [0.25, 0.3) is 5.91 Å². The van der Waals surface area contributed by atoms with E-state index in [4.69, 9.17) is 4.74 Å². The second-order valence-electron chi connectivity index (χ2n) is 8.19. The lowest BCUT2D eigenvalue weighted by molar-refractivity contribution is -0.389. The maximum Gasteiger partial charge on any atom is 0.390 e. The molecule has 0 fully saturated rings. The normalized spacial score (nSPS) is 11.2. The monoisotopic (exact) mass is 483 g/mol. The summed E-state index contributed by atoms with van der Waals surface area (Å²) in [5.41, 5.74) is 7.19. The summed E-state index contributed by atoms with van der Waals surface area (Å²) in [7, 11) is 0. The van der Waals surface area contributed by atoms with Crippen LogP contribution in [-0.2, 0) is 13.2 Å². The van der Waals surface area contributed by atoms with Crippen molar-refractivity contribution in [3.8, 4) is 5.75 Å². The van der Waals surface area contributed by atoms with E-state index in [9.17, 15) is 14.9 Å². The molecule has 0 saturated carbocycles. The van der Waals surface area contributed by atoms with Crippen LogP contribution in [0.25, 0.3) is 0 Å². The van der Waals surface area contributed by atoms with Gasteiger partial charge in [-0.3, -0.25) is 4.79 Å². The number of benzene rings is 3. The minimum Gasteiger partial charge on any atom is -0.489 e. The molecule has 1 N–H and O–H groups in total. The average Bonchev–Trinajstić information content (AvgIpc) is 3.27. The molecule has 9 heteroatoms. The SMILES string of the molecule is CC(=NNC(=O)c1ccc(Cn2nc([N+](=O)[O-])cc2C)cc1)c1ccc(OCc2ccccc2)cc1. The van der Waals surface area contributed by atoms with Crippen molar-refractivity contribution < 1.29 is 14.5 Å². The van der Waals surface area contributed by atoms with Gasteiger partial charge in [-0.25, -0.2) is 5.43 Å². The smallest absolute Gasteiger partial charge is 0.390 e. The summed E-state index contributed by atoms with van der Waals surface area (Å²) in [6.07, 6.45) is 0. The van der Waals surface area contributed by atoms with Crippen molar-refractivity contribution in [1.82, 2.24) is 15.2 Å². The number of hydrogen-bond donors (Lipinski definition) is 1. The first-order valence-corrected chi connectivity index (χ1v) is 11.3. The number of hydrazone groups is 1. The average molecular weight is 484 g/mol. The third kappa shape index (κ3) is 6.20. The molecular weight excluding hydrogens is 458 g/mol. The molecular formula is C27H25N5O4. The lowest BCUT2D eigenvalue weighted by atomic mass is 10.1. The van der Waals surface area contributed by atoms with E-state index in [1.807, 2.05) is 61.5 Å². The zero-order chi connectivity index (χ0) is 25.5. The van der Waals surface area contributed by atoms with Crippen LogP contribution in [0.5, 0.6) is 5.75 Å². The van der Waals surface area contributed by atoms with Gasteiger partial charge in [0.2, 0.25) is 0 Å². The van der Waals surface area contributed by atoms with Crippen LogP contribution in [0.2, 0.25) is 0 Å². The Hall–Kier alpha value is -4.79. The summed E-state index contributed by atoms with van der Waals surface area (Å²) in [4.78, 5) is 22.9. The summed E-state index contributed by atoms with van der Waals surface area (Å²) in [5, 5.41) is 19.1. The molecule has 0 saturated heterocycles. The number of carbonyl (C=O) groups is 1. The Morgan fingerprint density at radius 3 is 2.31 bits per heavy atom. The highest BCUT2D eigenvalue weighted by atomic mass is 16.6. The molecule has 0 aliphatic rings. The second-order valence-corrected chi connectivity index (χ2v) is 8.19. The molecule has 0 bridgehead atoms. The van der Waals surface area contributed by atoms with E-state index in [1.54, 1.807) is 35.9 Å². The lowest BCUT2D eigenvalue weighted by Gasteiger charge is -2.08. The zero-order valence-electron chi connectivity index (χ0n) is 19.9. The van der Waals surface area contributed by atoms with E-state index in [-0.39, 0.29) is 11.7 Å². The van der Waals surface area contributed by atoms with Crippen molar-refractivity contribution >= 4 is 17.4 Å². The summed E-state index contributed by atoms with van der Waals surface area (Å²) in [6, 6.07) is 25.8. The third-order valence-electron chi connectivity index (χ3n) is 5.55. The Bertz CT molecular complexity index is 1380. The highest BCUT2D eigenvalue weighted by Crippen LogP contribution is 2.16. The standard InChI is InChI=1S/C27H25N5O4/c1-19-16-26(32(34)35)30-31(19)17-21-8-10-24(11-9-21)27(33)29-28-20(2)23-12-14-25(15-13-23)36-18-22-6-4-3-5-7-22/h3-16H,17-18H2,1-2H3,(H,29,33). The van der Waals surface area contributed by atoms with E-state index >= 15 is 0 Å². The van der Waals surface area contributed by atoms with Crippen molar-refractivity contribution in [2.75, 3.05) is 0 Å². The fourth-order valence-corrected chi connectivity index (χ4v) is 3.47. The van der Waals surface area contributed by atoms with Gasteiger partial charge in [0.15, 0.2) is 0 Å². The van der Waals surface area contributed by atoms with E-state index in [0.717, 1.165) is 22.4 Å². The third-order valence-corrected chi connectivity index (χ3v) is 5.55. The number of nitrogens with zero attached hydrogens (tertiary/aromatic N) is 4. The Labute approximate surface area is 208 Å². The summed E-state index contributed by atoms with van der Waals surface area (Å²) < 4.78 is 7.36. The molecule has 0 radical (unpaired) electrons. The number of nitro groups is 1. The van der Waals surface area contributed by atoms with Crippen LogP contribution in [0.1, 0.15) is 39.7 Å². The van der Waals surface area contributed by atoms with Gasteiger partial charge in [0.05, 0.1) is 29.1 Å². The molecule has 0 aliphatic carbocycles. The van der Waals surface area contributed by atoms with Crippen molar-refractivity contribution in [2.24, 2.45) is 5.10 Å². The lowest BCUT2D eigenvalue weighted by Crippen LogP contribution is -2.19. The van der Waals surface area contributed by atoms with Gasteiger partial charge in [-0.15, -0.1) is 0 Å². The van der Waals surface area contributed by atoms with E-state index in [1.165, 1.54) is 6.07 Å². The van der Waals surface area contributed by atoms with Gasteiger partial charge in [-0.1, -0.05) is 42.5 Å². The van der Waals surface area contributed by atoms with Gasteiger partial charge in [0, 0.05) is 5.56 Å². The molecule has 0 spiro atoms. The summed E-state index contributed by atoms with van der Waals surface area (Å²) in [5.74, 6) is 0.222. The molecule has 36 heavy (non-hydrogen) atoms. The van der Waals surface area contributed by atoms with E-state index < -0.39 is 4.92 Å². The van der Waals surface area contributed by atoms with Crippen molar-refractivity contribution in [3.05, 3.63) is 123 Å². The van der Waals surface area contributed by atoms with Gasteiger partial charge in [0.1, 0.15) is 12.4 Å². The van der Waals surface area contributed by atoms with Gasteiger partial charge in [-0.05, 0) is 71.9 Å². The number of hydrogen-bond acceptors (Lipinski definition) is 6. The molecule has 182 valence electrons. The molecule has 9 nitrogen and oxygen atoms in total. The first kappa shape index (κ1) is 24.3. The largest absolute Gasteiger partial charge is 0.489 e. The predicted molar refractivity (Wildman–Crippen MR) is 136 cm³/mol. The summed E-state index contributed by atoms with van der Waals surface area (Å²) >= 11 is 0. The van der Waals surface area contributed by atoms with Crippen LogP contribution in [0.3, 0.4) is 0 Å². The molecule has 3 aromatic carbocycles. The molecule has 1 aromatic heterocycles. The maximum absolute atomic E-state index is 12.5. The number of ether oxygens (including phenoxy) is 1. The number of carbonyl (C=O) groups excluding carboxylic acids is 1. The van der Waals surface area contributed by atoms with E-state index in [2.05, 4.69) is 15.6 Å². The number of aromatic nitrogens is 2. The number of rotatable bonds is 9. The van der Waals surface area contributed by atoms with Gasteiger partial charge >= 0.3 is 5.82 Å². The Kier molecular flexibility index (Phi) is 7.50. The van der Waals surface area contributed by atoms with Crippen LogP contribution >= 0.6 is 0 Å². The Balaban J connectivity index is 1.32. The molecule has 0 aliphatic heterocycles. The van der Waals surface area contributed by atoms with Crippen LogP contribution in [0.4, 0.5) is 5.82 Å². The molecule has 4 rings (SSSR count). The van der Waals surface area contributed by atoms with Crippen LogP contribution in [-0.4, -0.2) is 26.3 Å². The number of nitrogens with one attached hydrogen (secondary N) is 1. The molecule has 1 heterocycles. The van der Waals surface area contributed by atoms with Crippen molar-refractivity contribution in [2.45, 2.75) is 27.0 Å². The Morgan fingerprint density at radius 2 is 1.67 bits per heavy atom. The fraction of sp³-hybridized carbons (Fsp3) is 0.148. The first-order chi connectivity index (χ1) is 17.4. The van der Waals surface area contributed by atoms with E-state index in [0.29, 0.717) is 30.1 Å². The molecule has 0 unspecified atom stereocenters. The first-order valence-electron chi connectivity index (χ1n) is 11.3. The molecule has 0 atom stereocenters. The molecule has 1 amide bonds. The van der Waals surface area contributed by atoms with Gasteiger partial charge in [-0.2, -0.15) is 9.78 Å². The quantitative estimate of drug-likeness (QED) is 0.207. The zero-order valence-corrected chi connectivity index (χ0v) is 19.9. The maximum atomic E-state index is 12.5. The van der Waals surface area contributed by atoms with Gasteiger partial charge < -0.3 is 14.9 Å². The minimum absolute atomic E-state index is 0.189. The minimum atomic E-state index is -0.520. The Morgan fingerprint density at radius 1 is 1.00 bits per heavy atom. The van der Waals surface area contributed by atoms with Crippen molar-refractivity contribution in [3.63, 3.8) is 0 Å². The van der Waals surface area contributed by atoms with Crippen LogP contribution < -0.4 is 10.2 Å². The van der Waals surface area contributed by atoms with Crippen LogP contribution in [0, 0.1) is 17.0 Å². The number of amides is 1. The van der Waals surface area contributed by atoms with Crippen molar-refractivity contribution in [1.29, 1.82) is 0 Å². The summed E-state index contributed by atoms with van der Waals surface area (Å²) in [6.45, 7) is 4.43.